The summed E-state index contributed by atoms with van der Waals surface area (Å²) in [5.41, 5.74) is 7.11. The third-order valence-electron chi connectivity index (χ3n) is 8.92. The zero-order valence-electron chi connectivity index (χ0n) is 27.5. The van der Waals surface area contributed by atoms with Gasteiger partial charge in [-0.2, -0.15) is 22.0 Å². The van der Waals surface area contributed by atoms with Gasteiger partial charge in [0.05, 0.1) is 24.7 Å². The molecule has 0 N–H and O–H groups in total. The molecule has 49 heavy (non-hydrogen) atoms. The quantitative estimate of drug-likeness (QED) is 0.116. The van der Waals surface area contributed by atoms with Crippen molar-refractivity contribution in [2.75, 3.05) is 24.7 Å². The van der Waals surface area contributed by atoms with E-state index >= 15 is 0 Å². The van der Waals surface area contributed by atoms with E-state index in [0.717, 1.165) is 56.4 Å². The van der Waals surface area contributed by atoms with Crippen LogP contribution in [0.25, 0.3) is 11.1 Å². The van der Waals surface area contributed by atoms with Gasteiger partial charge in [-0.25, -0.2) is 8.42 Å². The van der Waals surface area contributed by atoms with Crippen LogP contribution in [0.5, 0.6) is 11.5 Å². The number of hydrogen-bond donors (Lipinski definition) is 0. The fourth-order valence-corrected chi connectivity index (χ4v) is 7.75. The minimum Gasteiger partial charge on any atom is -0.494 e. The van der Waals surface area contributed by atoms with E-state index in [0.29, 0.717) is 25.2 Å². The van der Waals surface area contributed by atoms with Crippen LogP contribution in [0.1, 0.15) is 86.5 Å². The number of aryl methyl sites for hydroxylation is 1. The van der Waals surface area contributed by atoms with Crippen molar-refractivity contribution in [3.05, 3.63) is 95.1 Å². The van der Waals surface area contributed by atoms with Crippen molar-refractivity contribution < 1.29 is 44.6 Å². The van der Waals surface area contributed by atoms with Gasteiger partial charge in [-0.1, -0.05) is 48.5 Å². The summed E-state index contributed by atoms with van der Waals surface area (Å²) < 4.78 is 105. The molecule has 0 bridgehead atoms. The molecule has 5 nitrogen and oxygen atoms in total. The first-order valence-corrected chi connectivity index (χ1v) is 18.8. The Hall–Kier alpha value is -3.44. The van der Waals surface area contributed by atoms with Crippen LogP contribution in [-0.2, 0) is 21.0 Å². The average molecular weight is 707 g/mol. The third-order valence-corrected chi connectivity index (χ3v) is 10.7. The number of sulfone groups is 1. The monoisotopic (exact) mass is 706 g/mol. The Morgan fingerprint density at radius 2 is 1.49 bits per heavy atom. The van der Waals surface area contributed by atoms with E-state index < -0.39 is 40.5 Å². The largest absolute Gasteiger partial charge is 0.494 e. The van der Waals surface area contributed by atoms with Gasteiger partial charge in [0, 0.05) is 12.8 Å². The van der Waals surface area contributed by atoms with Gasteiger partial charge < -0.3 is 14.2 Å². The summed E-state index contributed by atoms with van der Waals surface area (Å²) in [6.45, 7) is 1.07. The van der Waals surface area contributed by atoms with Crippen molar-refractivity contribution in [2.45, 2.75) is 89.0 Å². The van der Waals surface area contributed by atoms with Gasteiger partial charge in [0.25, 0.3) is 0 Å². The van der Waals surface area contributed by atoms with Gasteiger partial charge >= 0.3 is 12.1 Å². The molecule has 0 aromatic heterocycles. The molecule has 1 fully saturated rings. The molecular weight excluding hydrogens is 663 g/mol. The van der Waals surface area contributed by atoms with Gasteiger partial charge in [-0.05, 0) is 115 Å². The number of unbranched alkanes of at least 4 members (excludes halogenated alkanes) is 2. The van der Waals surface area contributed by atoms with E-state index in [1.165, 1.54) is 27.8 Å². The summed E-state index contributed by atoms with van der Waals surface area (Å²) in [7, 11) is -3.72. The standard InChI is InChI=1S/C38H43F5O5S/c39-37(40,38(41,42)43)22-10-26-49(44,45)25-8-2-6-23-46-31-18-16-29(17-19-31)36-33(28-11-3-1-4-12-28)14-9-13-30-27-32(20-21-34(30)36)48-35-15-5-7-24-47-35/h1,3-4,11-12,16-21,27,35H,2,5-10,13-15,22-26H2. The average Bonchev–Trinajstić information content (AvgIpc) is 3.26. The fraction of sp³-hybridized carbons (Fsp3) is 0.474. The SMILES string of the molecule is O=S(=O)(CCCCCOc1ccc(C2=C(c3ccccc3)CCCc3cc(OC4CCCCO4)ccc32)cc1)CCCC(F)(F)C(F)(F)F. The molecule has 5 rings (SSSR count). The molecule has 1 heterocycles. The normalized spacial score (nSPS) is 17.4. The van der Waals surface area contributed by atoms with Crippen molar-refractivity contribution in [1.29, 1.82) is 0 Å². The number of allylic oxidation sites excluding steroid dienone is 1. The molecule has 11 heteroatoms. The van der Waals surface area contributed by atoms with Gasteiger partial charge in [-0.15, -0.1) is 0 Å². The Labute approximate surface area is 285 Å². The summed E-state index contributed by atoms with van der Waals surface area (Å²) in [6.07, 6.45) is -0.919. The molecule has 1 aliphatic carbocycles. The molecular formula is C38H43F5O5S. The predicted molar refractivity (Wildman–Crippen MR) is 181 cm³/mol. The highest BCUT2D eigenvalue weighted by atomic mass is 32.2. The molecule has 3 aromatic rings. The van der Waals surface area contributed by atoms with Crippen LogP contribution in [0, 0.1) is 0 Å². The Morgan fingerprint density at radius 1 is 0.755 bits per heavy atom. The zero-order chi connectivity index (χ0) is 34.9. The maximum absolute atomic E-state index is 13.1. The Kier molecular flexibility index (Phi) is 12.4. The van der Waals surface area contributed by atoms with Crippen molar-refractivity contribution >= 4 is 21.0 Å². The lowest BCUT2D eigenvalue weighted by Crippen LogP contribution is -2.36. The van der Waals surface area contributed by atoms with E-state index in [4.69, 9.17) is 14.2 Å². The van der Waals surface area contributed by atoms with Gasteiger partial charge in [0.15, 0.2) is 6.29 Å². The molecule has 266 valence electrons. The number of hydrogen-bond acceptors (Lipinski definition) is 5. The molecule has 3 aromatic carbocycles. The molecule has 0 amide bonds. The Balaban J connectivity index is 1.19. The van der Waals surface area contributed by atoms with E-state index in [2.05, 4.69) is 48.5 Å². The second-order valence-corrected chi connectivity index (χ2v) is 15.0. The third kappa shape index (κ3) is 10.3. The summed E-state index contributed by atoms with van der Waals surface area (Å²) in [4.78, 5) is 0. The Bertz CT molecular complexity index is 1650. The van der Waals surface area contributed by atoms with E-state index in [1.54, 1.807) is 0 Å². The molecule has 0 spiro atoms. The molecule has 1 saturated heterocycles. The van der Waals surface area contributed by atoms with E-state index in [-0.39, 0.29) is 18.5 Å². The number of halogens is 5. The topological polar surface area (TPSA) is 61.8 Å². The van der Waals surface area contributed by atoms with Crippen LogP contribution in [0.2, 0.25) is 0 Å². The number of benzene rings is 3. The number of ether oxygens (including phenoxy) is 3. The second kappa shape index (κ2) is 16.5. The second-order valence-electron chi connectivity index (χ2n) is 12.7. The minimum atomic E-state index is -5.68. The van der Waals surface area contributed by atoms with Crippen LogP contribution < -0.4 is 9.47 Å². The van der Waals surface area contributed by atoms with Crippen LogP contribution in [-0.4, -0.2) is 51.5 Å². The summed E-state index contributed by atoms with van der Waals surface area (Å²) in [5.74, 6) is -4.35. The van der Waals surface area contributed by atoms with Crippen LogP contribution in [0.15, 0.2) is 72.8 Å². The molecule has 1 unspecified atom stereocenters. The zero-order valence-corrected chi connectivity index (χ0v) is 28.3. The van der Waals surface area contributed by atoms with E-state index in [9.17, 15) is 30.4 Å². The highest BCUT2D eigenvalue weighted by molar-refractivity contribution is 7.91. The molecule has 1 aliphatic heterocycles. The van der Waals surface area contributed by atoms with Gasteiger partial charge in [-0.3, -0.25) is 0 Å². The lowest BCUT2D eigenvalue weighted by molar-refractivity contribution is -0.284. The fourth-order valence-electron chi connectivity index (χ4n) is 6.32. The van der Waals surface area contributed by atoms with Gasteiger partial charge in [0.2, 0.25) is 0 Å². The highest BCUT2D eigenvalue weighted by Gasteiger charge is 2.56. The molecule has 1 atom stereocenters. The number of fused-ring (bicyclic) bond motifs is 1. The van der Waals surface area contributed by atoms with Gasteiger partial charge in [0.1, 0.15) is 21.3 Å². The summed E-state index contributed by atoms with van der Waals surface area (Å²) in [6, 6.07) is 24.7. The number of rotatable bonds is 15. The Morgan fingerprint density at radius 3 is 2.20 bits per heavy atom. The maximum Gasteiger partial charge on any atom is 0.453 e. The number of alkyl halides is 5. The van der Waals surface area contributed by atoms with Crippen molar-refractivity contribution in [1.82, 2.24) is 0 Å². The highest BCUT2D eigenvalue weighted by Crippen LogP contribution is 2.42. The molecule has 2 aliphatic rings. The van der Waals surface area contributed by atoms with Crippen LogP contribution in [0.4, 0.5) is 22.0 Å². The smallest absolute Gasteiger partial charge is 0.453 e. The first kappa shape index (κ1) is 36.8. The van der Waals surface area contributed by atoms with Crippen molar-refractivity contribution in [2.24, 2.45) is 0 Å². The lowest BCUT2D eigenvalue weighted by Gasteiger charge is -2.24. The van der Waals surface area contributed by atoms with Crippen molar-refractivity contribution in [3.63, 3.8) is 0 Å². The predicted octanol–water partition coefficient (Wildman–Crippen LogP) is 9.83. The van der Waals surface area contributed by atoms with E-state index in [1.807, 2.05) is 24.3 Å². The minimum absolute atomic E-state index is 0.212. The lowest BCUT2D eigenvalue weighted by atomic mass is 9.88. The summed E-state index contributed by atoms with van der Waals surface area (Å²) in [5, 5.41) is 0. The van der Waals surface area contributed by atoms with Crippen LogP contribution in [0.3, 0.4) is 0 Å². The molecule has 0 radical (unpaired) electrons. The van der Waals surface area contributed by atoms with Crippen LogP contribution >= 0.6 is 0 Å². The maximum atomic E-state index is 13.1. The summed E-state index contributed by atoms with van der Waals surface area (Å²) >= 11 is 0. The first-order chi connectivity index (χ1) is 23.4. The first-order valence-electron chi connectivity index (χ1n) is 17.0. The molecule has 0 saturated carbocycles. The van der Waals surface area contributed by atoms with Crippen molar-refractivity contribution in [3.8, 4) is 11.5 Å².